The average Bonchev–Trinajstić information content (AvgIpc) is 2.82. The van der Waals surface area contributed by atoms with Crippen molar-refractivity contribution in [1.29, 1.82) is 0 Å². The van der Waals surface area contributed by atoms with Crippen LogP contribution in [0.2, 0.25) is 0 Å². The van der Waals surface area contributed by atoms with Crippen molar-refractivity contribution in [2.75, 3.05) is 12.3 Å². The fourth-order valence-corrected chi connectivity index (χ4v) is 2.45. The molecule has 4 heteroatoms. The summed E-state index contributed by atoms with van der Waals surface area (Å²) in [6.07, 6.45) is 3.01. The van der Waals surface area contributed by atoms with Crippen molar-refractivity contribution in [3.05, 3.63) is 30.1 Å². The molecule has 0 saturated heterocycles. The van der Waals surface area contributed by atoms with Crippen molar-refractivity contribution in [3.63, 3.8) is 0 Å². The van der Waals surface area contributed by atoms with Crippen molar-refractivity contribution in [3.8, 4) is 17.0 Å². The van der Waals surface area contributed by atoms with Gasteiger partial charge >= 0.3 is 0 Å². The van der Waals surface area contributed by atoms with Gasteiger partial charge in [-0.05, 0) is 31.9 Å². The molecule has 1 heterocycles. The second-order valence-corrected chi connectivity index (χ2v) is 5.13. The molecular formula is C17H25N3O. The van der Waals surface area contributed by atoms with Gasteiger partial charge in [-0.15, -0.1) is 0 Å². The Morgan fingerprint density at radius 1 is 1.19 bits per heavy atom. The summed E-state index contributed by atoms with van der Waals surface area (Å²) in [4.78, 5) is 4.74. The second kappa shape index (κ2) is 7.16. The molecule has 0 amide bonds. The van der Waals surface area contributed by atoms with E-state index in [9.17, 15) is 0 Å². The van der Waals surface area contributed by atoms with Gasteiger partial charge in [0.15, 0.2) is 0 Å². The van der Waals surface area contributed by atoms with Gasteiger partial charge in [-0.3, -0.25) is 0 Å². The van der Waals surface area contributed by atoms with Crippen LogP contribution in [-0.4, -0.2) is 16.2 Å². The van der Waals surface area contributed by atoms with Crippen molar-refractivity contribution in [2.45, 2.75) is 46.6 Å². The first-order chi connectivity index (χ1) is 10.2. The Morgan fingerprint density at radius 2 is 2.00 bits per heavy atom. The summed E-state index contributed by atoms with van der Waals surface area (Å²) in [5.74, 6) is 2.68. The highest BCUT2D eigenvalue weighted by atomic mass is 16.5. The molecule has 1 aromatic heterocycles. The lowest BCUT2D eigenvalue weighted by atomic mass is 10.1. The van der Waals surface area contributed by atoms with Crippen LogP contribution in [0.5, 0.6) is 5.75 Å². The molecule has 0 radical (unpaired) electrons. The van der Waals surface area contributed by atoms with Crippen LogP contribution in [0.25, 0.3) is 11.3 Å². The summed E-state index contributed by atoms with van der Waals surface area (Å²) >= 11 is 0. The number of benzene rings is 1. The Hall–Kier alpha value is -1.97. The molecule has 1 aromatic carbocycles. The zero-order valence-electron chi connectivity index (χ0n) is 13.2. The van der Waals surface area contributed by atoms with Crippen LogP contribution in [0.4, 0.5) is 5.82 Å². The molecule has 21 heavy (non-hydrogen) atoms. The number of hydrogen-bond acceptors (Lipinski definition) is 3. The van der Waals surface area contributed by atoms with E-state index in [0.29, 0.717) is 0 Å². The molecule has 0 spiro atoms. The number of rotatable bonds is 7. The van der Waals surface area contributed by atoms with E-state index in [0.717, 1.165) is 61.1 Å². The molecular weight excluding hydrogens is 262 g/mol. The molecule has 2 rings (SSSR count). The third-order valence-corrected chi connectivity index (χ3v) is 3.46. The van der Waals surface area contributed by atoms with Crippen molar-refractivity contribution >= 4 is 5.82 Å². The normalized spacial score (nSPS) is 10.8. The maximum Gasteiger partial charge on any atom is 0.131 e. The molecule has 2 aromatic rings. The first kappa shape index (κ1) is 15.4. The van der Waals surface area contributed by atoms with Gasteiger partial charge in [0.25, 0.3) is 0 Å². The van der Waals surface area contributed by atoms with Crippen LogP contribution in [0, 0.1) is 0 Å². The molecule has 0 aliphatic heterocycles. The lowest BCUT2D eigenvalue weighted by Gasteiger charge is -2.07. The molecule has 0 bridgehead atoms. The molecule has 0 fully saturated rings. The molecule has 0 atom stereocenters. The summed E-state index contributed by atoms with van der Waals surface area (Å²) in [5.41, 5.74) is 8.17. The number of anilines is 1. The van der Waals surface area contributed by atoms with Gasteiger partial charge in [0.2, 0.25) is 0 Å². The number of aromatic nitrogens is 2. The number of nitrogen functional groups attached to an aromatic ring is 1. The summed E-state index contributed by atoms with van der Waals surface area (Å²) in [7, 11) is 0. The van der Waals surface area contributed by atoms with Crippen LogP contribution in [0.15, 0.2) is 24.3 Å². The zero-order valence-corrected chi connectivity index (χ0v) is 13.2. The molecule has 2 N–H and O–H groups in total. The lowest BCUT2D eigenvalue weighted by Crippen LogP contribution is -2.05. The predicted molar refractivity (Wildman–Crippen MR) is 87.5 cm³/mol. The average molecular weight is 287 g/mol. The summed E-state index contributed by atoms with van der Waals surface area (Å²) < 4.78 is 7.79. The minimum absolute atomic E-state index is 0.726. The monoisotopic (exact) mass is 287 g/mol. The Balaban J connectivity index is 2.37. The minimum Gasteiger partial charge on any atom is -0.494 e. The second-order valence-electron chi connectivity index (χ2n) is 5.13. The number of aryl methyl sites for hydroxylation is 1. The van der Waals surface area contributed by atoms with Gasteiger partial charge < -0.3 is 15.0 Å². The van der Waals surface area contributed by atoms with Gasteiger partial charge in [-0.25, -0.2) is 4.98 Å². The molecule has 0 unspecified atom stereocenters. The van der Waals surface area contributed by atoms with Crippen LogP contribution in [0.3, 0.4) is 0 Å². The minimum atomic E-state index is 0.726. The Labute approximate surface area is 127 Å². The fourth-order valence-electron chi connectivity index (χ4n) is 2.45. The molecule has 114 valence electrons. The molecule has 0 saturated carbocycles. The van der Waals surface area contributed by atoms with Crippen LogP contribution >= 0.6 is 0 Å². The molecule has 0 aliphatic rings. The van der Waals surface area contributed by atoms with E-state index >= 15 is 0 Å². The zero-order chi connectivity index (χ0) is 15.2. The maximum atomic E-state index is 6.29. The van der Waals surface area contributed by atoms with Crippen LogP contribution in [-0.2, 0) is 13.0 Å². The highest BCUT2D eigenvalue weighted by Crippen LogP contribution is 2.29. The Bertz CT molecular complexity index is 590. The largest absolute Gasteiger partial charge is 0.494 e. The number of hydrogen-bond donors (Lipinski definition) is 1. The number of imidazole rings is 1. The van der Waals surface area contributed by atoms with E-state index in [2.05, 4.69) is 25.3 Å². The standard InChI is InChI=1S/C17H25N3O/c1-4-8-15-19-16(17(18)20(15)6-3)13-9-7-10-14(12-13)21-11-5-2/h7,9-10,12H,4-6,8,11,18H2,1-3H3. The summed E-state index contributed by atoms with van der Waals surface area (Å²) in [6, 6.07) is 8.01. The van der Waals surface area contributed by atoms with Crippen LogP contribution < -0.4 is 10.5 Å². The van der Waals surface area contributed by atoms with Gasteiger partial charge in [0.1, 0.15) is 23.1 Å². The van der Waals surface area contributed by atoms with Crippen molar-refractivity contribution in [2.24, 2.45) is 0 Å². The highest BCUT2D eigenvalue weighted by Gasteiger charge is 2.15. The quantitative estimate of drug-likeness (QED) is 0.840. The third kappa shape index (κ3) is 3.38. The van der Waals surface area contributed by atoms with Gasteiger partial charge in [-0.2, -0.15) is 0 Å². The van der Waals surface area contributed by atoms with Crippen molar-refractivity contribution in [1.82, 2.24) is 9.55 Å². The van der Waals surface area contributed by atoms with E-state index in [1.54, 1.807) is 0 Å². The summed E-state index contributed by atoms with van der Waals surface area (Å²) in [5, 5.41) is 0. The number of nitrogens with zero attached hydrogens (tertiary/aromatic N) is 2. The topological polar surface area (TPSA) is 53.1 Å². The SMILES string of the molecule is CCCOc1cccc(-c2nc(CCC)n(CC)c2N)c1. The molecule has 0 aliphatic carbocycles. The lowest BCUT2D eigenvalue weighted by molar-refractivity contribution is 0.317. The first-order valence-corrected chi connectivity index (χ1v) is 7.79. The highest BCUT2D eigenvalue weighted by molar-refractivity contribution is 5.72. The van der Waals surface area contributed by atoms with E-state index in [1.807, 2.05) is 24.3 Å². The fraction of sp³-hybridized carbons (Fsp3) is 0.471. The Morgan fingerprint density at radius 3 is 2.67 bits per heavy atom. The smallest absolute Gasteiger partial charge is 0.131 e. The van der Waals surface area contributed by atoms with E-state index in [4.69, 9.17) is 15.5 Å². The van der Waals surface area contributed by atoms with Crippen LogP contribution in [0.1, 0.15) is 39.4 Å². The van der Waals surface area contributed by atoms with Gasteiger partial charge in [0.05, 0.1) is 6.61 Å². The number of ether oxygens (including phenoxy) is 1. The van der Waals surface area contributed by atoms with Gasteiger partial charge in [-0.1, -0.05) is 26.0 Å². The first-order valence-electron chi connectivity index (χ1n) is 7.79. The summed E-state index contributed by atoms with van der Waals surface area (Å²) in [6.45, 7) is 7.93. The van der Waals surface area contributed by atoms with Crippen molar-refractivity contribution < 1.29 is 4.74 Å². The number of nitrogens with two attached hydrogens (primary N) is 1. The van der Waals surface area contributed by atoms with Gasteiger partial charge in [0, 0.05) is 18.5 Å². The predicted octanol–water partition coefficient (Wildman–Crippen LogP) is 3.89. The molecule has 4 nitrogen and oxygen atoms in total. The maximum absolute atomic E-state index is 6.29. The Kier molecular flexibility index (Phi) is 5.26. The third-order valence-electron chi connectivity index (χ3n) is 3.46. The van der Waals surface area contributed by atoms with E-state index in [-0.39, 0.29) is 0 Å². The van der Waals surface area contributed by atoms with E-state index < -0.39 is 0 Å². The van der Waals surface area contributed by atoms with E-state index in [1.165, 1.54) is 0 Å².